The van der Waals surface area contributed by atoms with Crippen molar-refractivity contribution < 1.29 is 9.59 Å². The van der Waals surface area contributed by atoms with E-state index in [2.05, 4.69) is 10.2 Å². The Morgan fingerprint density at radius 3 is 2.81 bits per heavy atom. The topological polar surface area (TPSA) is 75.4 Å². The molecule has 2 aromatic carbocycles. The van der Waals surface area contributed by atoms with E-state index in [1.165, 1.54) is 11.8 Å². The van der Waals surface area contributed by atoms with E-state index in [4.69, 9.17) is 17.3 Å². The second-order valence-corrected chi connectivity index (χ2v) is 7.92. The summed E-state index contributed by atoms with van der Waals surface area (Å²) in [6, 6.07) is 15.0. The Morgan fingerprint density at radius 2 is 2.04 bits per heavy atom. The van der Waals surface area contributed by atoms with Gasteiger partial charge in [-0.25, -0.2) is 0 Å². The molecule has 1 unspecified atom stereocenters. The van der Waals surface area contributed by atoms with Gasteiger partial charge in [-0.2, -0.15) is 0 Å². The van der Waals surface area contributed by atoms with Crippen molar-refractivity contribution in [1.82, 2.24) is 4.90 Å². The number of rotatable bonds is 7. The van der Waals surface area contributed by atoms with Crippen LogP contribution in [0.25, 0.3) is 0 Å². The summed E-state index contributed by atoms with van der Waals surface area (Å²) < 4.78 is 0. The van der Waals surface area contributed by atoms with E-state index in [0.29, 0.717) is 11.6 Å². The lowest BCUT2D eigenvalue weighted by Gasteiger charge is -2.22. The van der Waals surface area contributed by atoms with Gasteiger partial charge in [-0.05, 0) is 49.2 Å². The smallest absolute Gasteiger partial charge is 0.234 e. The van der Waals surface area contributed by atoms with Crippen LogP contribution in [0.1, 0.15) is 18.4 Å². The molecule has 2 amide bonds. The predicted octanol–water partition coefficient (Wildman–Crippen LogP) is 3.52. The predicted molar refractivity (Wildman–Crippen MR) is 110 cm³/mol. The molecule has 1 saturated heterocycles. The first-order valence-electron chi connectivity index (χ1n) is 8.82. The molecular weight excluding hydrogens is 382 g/mol. The van der Waals surface area contributed by atoms with Crippen molar-refractivity contribution in [1.29, 1.82) is 0 Å². The number of primary amides is 1. The number of nitrogens with zero attached hydrogens (tertiary/aromatic N) is 1. The highest BCUT2D eigenvalue weighted by molar-refractivity contribution is 8.00. The number of nitrogens with two attached hydrogens (primary N) is 1. The largest absolute Gasteiger partial charge is 0.368 e. The van der Waals surface area contributed by atoms with Crippen LogP contribution in [-0.2, 0) is 16.1 Å². The molecule has 3 N–H and O–H groups in total. The monoisotopic (exact) mass is 403 g/mol. The molecule has 2 aromatic rings. The van der Waals surface area contributed by atoms with Gasteiger partial charge in [0, 0.05) is 17.1 Å². The summed E-state index contributed by atoms with van der Waals surface area (Å²) in [6.07, 6.45) is 1.79. The second-order valence-electron chi connectivity index (χ2n) is 6.50. The maximum Gasteiger partial charge on any atom is 0.234 e. The molecule has 1 atom stereocenters. The minimum absolute atomic E-state index is 0.0896. The fourth-order valence-electron chi connectivity index (χ4n) is 3.22. The van der Waals surface area contributed by atoms with Gasteiger partial charge in [0.1, 0.15) is 0 Å². The molecule has 27 heavy (non-hydrogen) atoms. The van der Waals surface area contributed by atoms with Gasteiger partial charge in [0.05, 0.1) is 16.8 Å². The number of thioether (sulfide) groups is 1. The molecule has 0 aromatic heterocycles. The van der Waals surface area contributed by atoms with Crippen molar-refractivity contribution in [3.05, 3.63) is 59.1 Å². The number of anilines is 1. The minimum atomic E-state index is -0.270. The van der Waals surface area contributed by atoms with Crippen molar-refractivity contribution in [2.24, 2.45) is 5.73 Å². The molecule has 3 rings (SSSR count). The van der Waals surface area contributed by atoms with Crippen molar-refractivity contribution in [2.75, 3.05) is 17.6 Å². The number of amides is 2. The van der Waals surface area contributed by atoms with Crippen LogP contribution in [0.5, 0.6) is 0 Å². The maximum atomic E-state index is 12.2. The summed E-state index contributed by atoms with van der Waals surface area (Å²) in [6.45, 7) is 1.50. The van der Waals surface area contributed by atoms with Gasteiger partial charge in [0.15, 0.2) is 0 Å². The van der Waals surface area contributed by atoms with E-state index in [9.17, 15) is 9.59 Å². The van der Waals surface area contributed by atoms with Crippen LogP contribution < -0.4 is 11.1 Å². The Bertz CT molecular complexity index is 830. The summed E-state index contributed by atoms with van der Waals surface area (Å²) >= 11 is 7.52. The molecule has 0 bridgehead atoms. The zero-order valence-corrected chi connectivity index (χ0v) is 16.4. The first-order valence-corrected chi connectivity index (χ1v) is 10.2. The summed E-state index contributed by atoms with van der Waals surface area (Å²) in [5.41, 5.74) is 7.26. The summed E-state index contributed by atoms with van der Waals surface area (Å²) in [7, 11) is 0. The van der Waals surface area contributed by atoms with Gasteiger partial charge < -0.3 is 11.1 Å². The molecule has 1 heterocycles. The van der Waals surface area contributed by atoms with Gasteiger partial charge >= 0.3 is 0 Å². The molecular formula is C20H22ClN3O2S. The molecule has 0 spiro atoms. The van der Waals surface area contributed by atoms with Crippen molar-refractivity contribution in [2.45, 2.75) is 30.3 Å². The first-order chi connectivity index (χ1) is 13.0. The minimum Gasteiger partial charge on any atom is -0.368 e. The third-order valence-electron chi connectivity index (χ3n) is 4.48. The number of likely N-dealkylation sites (tertiary alicyclic amines) is 1. The van der Waals surface area contributed by atoms with Crippen molar-refractivity contribution in [3.63, 3.8) is 0 Å². The zero-order valence-electron chi connectivity index (χ0n) is 14.9. The molecule has 0 saturated carbocycles. The number of nitrogens with one attached hydrogen (secondary N) is 1. The third kappa shape index (κ3) is 5.48. The average Bonchev–Trinajstić information content (AvgIpc) is 3.10. The van der Waals surface area contributed by atoms with Crippen LogP contribution >= 0.6 is 23.4 Å². The number of benzene rings is 2. The summed E-state index contributed by atoms with van der Waals surface area (Å²) in [5.74, 6) is -0.0779. The highest BCUT2D eigenvalue weighted by Crippen LogP contribution is 2.26. The fraction of sp³-hybridized carbons (Fsp3) is 0.300. The molecule has 1 aliphatic heterocycles. The molecule has 1 aliphatic rings. The number of hydrogen-bond acceptors (Lipinski definition) is 4. The Kier molecular flexibility index (Phi) is 6.77. The molecule has 5 nitrogen and oxygen atoms in total. The van der Waals surface area contributed by atoms with Gasteiger partial charge in [0.2, 0.25) is 11.8 Å². The highest BCUT2D eigenvalue weighted by Gasteiger charge is 2.28. The van der Waals surface area contributed by atoms with Crippen molar-refractivity contribution in [3.8, 4) is 0 Å². The van der Waals surface area contributed by atoms with Crippen LogP contribution in [0.2, 0.25) is 5.02 Å². The Labute approximate surface area is 168 Å². The zero-order chi connectivity index (χ0) is 19.2. The Morgan fingerprint density at radius 1 is 1.22 bits per heavy atom. The van der Waals surface area contributed by atoms with Crippen LogP contribution in [0.4, 0.5) is 5.69 Å². The van der Waals surface area contributed by atoms with Crippen LogP contribution in [0.3, 0.4) is 0 Å². The SMILES string of the molecule is NC(=O)C1CCCN1Cc1cccc(NC(=O)CSc2ccccc2Cl)c1. The Hall–Kier alpha value is -2.02. The normalized spacial score (nSPS) is 17.0. The van der Waals surface area contributed by atoms with E-state index in [1.54, 1.807) is 0 Å². The van der Waals surface area contributed by atoms with Crippen LogP contribution in [0.15, 0.2) is 53.4 Å². The van der Waals surface area contributed by atoms with Crippen LogP contribution in [0, 0.1) is 0 Å². The number of carbonyl (C=O) groups is 2. The fourth-order valence-corrected chi connectivity index (χ4v) is 4.26. The molecule has 0 aliphatic carbocycles. The standard InChI is InChI=1S/C20H22ClN3O2S/c21-16-7-1-2-9-18(16)27-13-19(25)23-15-6-3-5-14(11-15)12-24-10-4-8-17(24)20(22)26/h1-3,5-7,9,11,17H,4,8,10,12-13H2,(H2,22,26)(H,23,25). The molecule has 7 heteroatoms. The lowest BCUT2D eigenvalue weighted by Crippen LogP contribution is -2.39. The molecule has 142 valence electrons. The number of hydrogen-bond donors (Lipinski definition) is 2. The van der Waals surface area contributed by atoms with E-state index in [-0.39, 0.29) is 23.6 Å². The maximum absolute atomic E-state index is 12.2. The van der Waals surface area contributed by atoms with Gasteiger partial charge in [0.25, 0.3) is 0 Å². The van der Waals surface area contributed by atoms with E-state index >= 15 is 0 Å². The Balaban J connectivity index is 1.56. The van der Waals surface area contributed by atoms with E-state index in [1.807, 2.05) is 48.5 Å². The van der Waals surface area contributed by atoms with Gasteiger partial charge in [-0.3, -0.25) is 14.5 Å². The van der Waals surface area contributed by atoms with Gasteiger partial charge in [-0.1, -0.05) is 35.9 Å². The van der Waals surface area contributed by atoms with Crippen molar-refractivity contribution >= 4 is 40.9 Å². The van der Waals surface area contributed by atoms with Crippen LogP contribution in [-0.4, -0.2) is 35.1 Å². The lowest BCUT2D eigenvalue weighted by molar-refractivity contribution is -0.122. The molecule has 1 fully saturated rings. The average molecular weight is 404 g/mol. The lowest BCUT2D eigenvalue weighted by atomic mass is 10.1. The second kappa shape index (κ2) is 9.26. The van der Waals surface area contributed by atoms with E-state index in [0.717, 1.165) is 35.5 Å². The first kappa shape index (κ1) is 19.7. The highest BCUT2D eigenvalue weighted by atomic mass is 35.5. The third-order valence-corrected chi connectivity index (χ3v) is 6.00. The quantitative estimate of drug-likeness (QED) is 0.693. The summed E-state index contributed by atoms with van der Waals surface area (Å²) in [5, 5.41) is 3.56. The van der Waals surface area contributed by atoms with E-state index < -0.39 is 0 Å². The molecule has 0 radical (unpaired) electrons. The number of carbonyl (C=O) groups excluding carboxylic acids is 2. The van der Waals surface area contributed by atoms with Gasteiger partial charge in [-0.15, -0.1) is 11.8 Å². The summed E-state index contributed by atoms with van der Waals surface area (Å²) in [4.78, 5) is 26.8. The number of halogens is 1.